The van der Waals surface area contributed by atoms with Crippen molar-refractivity contribution < 1.29 is 14.3 Å². The Hall–Kier alpha value is -1.39. The molecule has 1 heterocycles. The highest BCUT2D eigenvalue weighted by Crippen LogP contribution is 2.23. The summed E-state index contributed by atoms with van der Waals surface area (Å²) >= 11 is 0. The molecule has 15 heavy (non-hydrogen) atoms. The SMILES string of the molecule is COC(=O)[C@@H]1OCN[C@H]1c1ccccc1. The molecule has 0 bridgehead atoms. The van der Waals surface area contributed by atoms with Crippen LogP contribution in [0.25, 0.3) is 0 Å². The average molecular weight is 207 g/mol. The zero-order valence-electron chi connectivity index (χ0n) is 8.47. The molecular formula is C11H13NO3. The molecule has 0 unspecified atom stereocenters. The number of carbonyl (C=O) groups excluding carboxylic acids is 1. The standard InChI is InChI=1S/C11H13NO3/c1-14-11(13)10-9(12-7-15-10)8-5-3-2-4-6-8/h2-6,9-10,12H,7H2,1H3/t9-,10+/m0/s1. The van der Waals surface area contributed by atoms with E-state index in [0.29, 0.717) is 6.73 Å². The number of hydrogen-bond acceptors (Lipinski definition) is 4. The van der Waals surface area contributed by atoms with E-state index in [2.05, 4.69) is 10.1 Å². The van der Waals surface area contributed by atoms with Crippen LogP contribution in [0, 0.1) is 0 Å². The number of ether oxygens (including phenoxy) is 2. The Morgan fingerprint density at radius 2 is 2.20 bits per heavy atom. The third-order valence-electron chi connectivity index (χ3n) is 2.46. The second kappa shape index (κ2) is 4.42. The lowest BCUT2D eigenvalue weighted by Crippen LogP contribution is -2.30. The first-order chi connectivity index (χ1) is 7.33. The minimum Gasteiger partial charge on any atom is -0.467 e. The fourth-order valence-corrected chi connectivity index (χ4v) is 1.70. The smallest absolute Gasteiger partial charge is 0.337 e. The highest BCUT2D eigenvalue weighted by molar-refractivity contribution is 5.76. The molecule has 4 nitrogen and oxygen atoms in total. The number of benzene rings is 1. The normalized spacial score (nSPS) is 25.1. The Bertz CT molecular complexity index is 339. The highest BCUT2D eigenvalue weighted by atomic mass is 16.6. The summed E-state index contributed by atoms with van der Waals surface area (Å²) in [7, 11) is 1.37. The zero-order chi connectivity index (χ0) is 10.7. The van der Waals surface area contributed by atoms with Gasteiger partial charge in [-0.3, -0.25) is 5.32 Å². The van der Waals surface area contributed by atoms with Gasteiger partial charge in [0, 0.05) is 0 Å². The number of nitrogens with one attached hydrogen (secondary N) is 1. The first kappa shape index (κ1) is 10.1. The van der Waals surface area contributed by atoms with Gasteiger partial charge in [-0.05, 0) is 5.56 Å². The molecule has 1 aromatic rings. The van der Waals surface area contributed by atoms with Crippen LogP contribution in [-0.2, 0) is 14.3 Å². The molecule has 0 spiro atoms. The monoisotopic (exact) mass is 207 g/mol. The molecule has 2 atom stereocenters. The minimum absolute atomic E-state index is 0.112. The van der Waals surface area contributed by atoms with Crippen molar-refractivity contribution in [2.75, 3.05) is 13.8 Å². The molecular weight excluding hydrogens is 194 g/mol. The summed E-state index contributed by atoms with van der Waals surface area (Å²) < 4.78 is 9.97. The van der Waals surface area contributed by atoms with Crippen molar-refractivity contribution >= 4 is 5.97 Å². The van der Waals surface area contributed by atoms with E-state index in [1.807, 2.05) is 30.3 Å². The Morgan fingerprint density at radius 1 is 1.47 bits per heavy atom. The molecule has 0 aromatic heterocycles. The van der Waals surface area contributed by atoms with E-state index in [1.54, 1.807) is 0 Å². The van der Waals surface area contributed by atoms with E-state index >= 15 is 0 Å². The summed E-state index contributed by atoms with van der Waals surface area (Å²) in [6.45, 7) is 0.374. The lowest BCUT2D eigenvalue weighted by atomic mass is 10.0. The maximum atomic E-state index is 11.4. The molecule has 4 heteroatoms. The van der Waals surface area contributed by atoms with Gasteiger partial charge in [-0.1, -0.05) is 30.3 Å². The number of carbonyl (C=O) groups is 1. The maximum absolute atomic E-state index is 11.4. The molecule has 0 radical (unpaired) electrons. The first-order valence-electron chi connectivity index (χ1n) is 4.80. The van der Waals surface area contributed by atoms with Crippen LogP contribution in [0.4, 0.5) is 0 Å². The van der Waals surface area contributed by atoms with Gasteiger partial charge < -0.3 is 9.47 Å². The van der Waals surface area contributed by atoms with E-state index in [9.17, 15) is 4.79 Å². The zero-order valence-corrected chi connectivity index (χ0v) is 8.47. The lowest BCUT2D eigenvalue weighted by molar-refractivity contribution is -0.151. The summed E-state index contributed by atoms with van der Waals surface area (Å²) in [6, 6.07) is 9.61. The van der Waals surface area contributed by atoms with E-state index < -0.39 is 6.10 Å². The van der Waals surface area contributed by atoms with Crippen molar-refractivity contribution in [3.05, 3.63) is 35.9 Å². The summed E-state index contributed by atoms with van der Waals surface area (Å²) in [5.41, 5.74) is 1.03. The summed E-state index contributed by atoms with van der Waals surface area (Å²) in [6.07, 6.45) is -0.544. The summed E-state index contributed by atoms with van der Waals surface area (Å²) in [5.74, 6) is -0.339. The minimum atomic E-state index is -0.544. The molecule has 0 saturated carbocycles. The first-order valence-corrected chi connectivity index (χ1v) is 4.80. The fraction of sp³-hybridized carbons (Fsp3) is 0.364. The topological polar surface area (TPSA) is 47.6 Å². The van der Waals surface area contributed by atoms with E-state index in [0.717, 1.165) is 5.56 Å². The van der Waals surface area contributed by atoms with Crippen molar-refractivity contribution in [2.24, 2.45) is 0 Å². The third kappa shape index (κ3) is 2.00. The molecule has 1 fully saturated rings. The van der Waals surface area contributed by atoms with Gasteiger partial charge in [0.2, 0.25) is 0 Å². The van der Waals surface area contributed by atoms with Gasteiger partial charge in [0.05, 0.1) is 19.9 Å². The highest BCUT2D eigenvalue weighted by Gasteiger charge is 2.35. The molecule has 1 aliphatic rings. The number of esters is 1. The van der Waals surface area contributed by atoms with Crippen molar-refractivity contribution in [1.82, 2.24) is 5.32 Å². The lowest BCUT2D eigenvalue weighted by Gasteiger charge is -2.15. The van der Waals surface area contributed by atoms with Gasteiger partial charge in [-0.2, -0.15) is 0 Å². The molecule has 1 saturated heterocycles. The van der Waals surface area contributed by atoms with Gasteiger partial charge in [-0.15, -0.1) is 0 Å². The van der Waals surface area contributed by atoms with E-state index in [4.69, 9.17) is 4.74 Å². The number of rotatable bonds is 2. The Kier molecular flexibility index (Phi) is 2.99. The molecule has 1 aromatic carbocycles. The molecule has 2 rings (SSSR count). The quantitative estimate of drug-likeness (QED) is 0.730. The van der Waals surface area contributed by atoms with Gasteiger partial charge in [-0.25, -0.2) is 4.79 Å². The van der Waals surface area contributed by atoms with Crippen LogP contribution in [0.5, 0.6) is 0 Å². The molecule has 1 aliphatic heterocycles. The number of methoxy groups -OCH3 is 1. The third-order valence-corrected chi connectivity index (χ3v) is 2.46. The second-order valence-electron chi connectivity index (χ2n) is 3.35. The molecule has 0 aliphatic carbocycles. The van der Waals surface area contributed by atoms with E-state index in [1.165, 1.54) is 7.11 Å². The summed E-state index contributed by atoms with van der Waals surface area (Å²) in [5, 5.41) is 3.12. The maximum Gasteiger partial charge on any atom is 0.337 e. The Labute approximate surface area is 88.2 Å². The van der Waals surface area contributed by atoms with Crippen LogP contribution in [0.1, 0.15) is 11.6 Å². The van der Waals surface area contributed by atoms with Gasteiger partial charge in [0.15, 0.2) is 6.10 Å². The van der Waals surface area contributed by atoms with Gasteiger partial charge in [0.1, 0.15) is 0 Å². The van der Waals surface area contributed by atoms with Crippen molar-refractivity contribution in [3.8, 4) is 0 Å². The van der Waals surface area contributed by atoms with Crippen LogP contribution >= 0.6 is 0 Å². The Morgan fingerprint density at radius 3 is 2.87 bits per heavy atom. The molecule has 1 N–H and O–H groups in total. The van der Waals surface area contributed by atoms with Gasteiger partial charge >= 0.3 is 5.97 Å². The largest absolute Gasteiger partial charge is 0.467 e. The molecule has 0 amide bonds. The molecule has 80 valence electrons. The Balaban J connectivity index is 2.18. The van der Waals surface area contributed by atoms with Crippen LogP contribution < -0.4 is 5.32 Å². The van der Waals surface area contributed by atoms with Crippen LogP contribution in [0.3, 0.4) is 0 Å². The average Bonchev–Trinajstić information content (AvgIpc) is 2.78. The van der Waals surface area contributed by atoms with Crippen molar-refractivity contribution in [1.29, 1.82) is 0 Å². The van der Waals surface area contributed by atoms with Gasteiger partial charge in [0.25, 0.3) is 0 Å². The van der Waals surface area contributed by atoms with E-state index in [-0.39, 0.29) is 12.0 Å². The van der Waals surface area contributed by atoms with Crippen molar-refractivity contribution in [3.63, 3.8) is 0 Å². The summed E-state index contributed by atoms with van der Waals surface area (Å²) in [4.78, 5) is 11.4. The van der Waals surface area contributed by atoms with Crippen LogP contribution in [0.15, 0.2) is 30.3 Å². The van der Waals surface area contributed by atoms with Crippen LogP contribution in [-0.4, -0.2) is 25.9 Å². The number of hydrogen-bond donors (Lipinski definition) is 1. The van der Waals surface area contributed by atoms with Crippen LogP contribution in [0.2, 0.25) is 0 Å². The second-order valence-corrected chi connectivity index (χ2v) is 3.35. The van der Waals surface area contributed by atoms with Crippen molar-refractivity contribution in [2.45, 2.75) is 12.1 Å². The predicted molar refractivity (Wildman–Crippen MR) is 54.1 cm³/mol. The predicted octanol–water partition coefficient (Wildman–Crippen LogP) is 0.847. The fourth-order valence-electron chi connectivity index (χ4n) is 1.70.